The zero-order chi connectivity index (χ0) is 17.6. The van der Waals surface area contributed by atoms with Crippen molar-refractivity contribution >= 4 is 29.4 Å². The van der Waals surface area contributed by atoms with Gasteiger partial charge < -0.3 is 16.4 Å². The van der Waals surface area contributed by atoms with Gasteiger partial charge in [-0.05, 0) is 48.4 Å². The monoisotopic (exact) mass is 349 g/mol. The largest absolute Gasteiger partial charge is 0.446 e. The first kappa shape index (κ1) is 19.1. The van der Waals surface area contributed by atoms with Crippen LogP contribution in [0, 0.1) is 5.92 Å². The number of carbonyl (C=O) groups excluding carboxylic acids is 2. The molecule has 0 unspecified atom stereocenters. The topological polar surface area (TPSA) is 84.2 Å². The number of nitrogens with two attached hydrogens (primary N) is 1. The molecule has 0 saturated carbocycles. The van der Waals surface area contributed by atoms with Crippen LogP contribution in [-0.4, -0.2) is 23.5 Å². The summed E-state index contributed by atoms with van der Waals surface area (Å²) < 4.78 is 36.6. The summed E-state index contributed by atoms with van der Waals surface area (Å²) in [5.74, 6) is -0.489. The number of hydrogen-bond donors (Lipinski definition) is 3. The Balaban J connectivity index is 2.61. The SMILES string of the molecule is CC(C)C[C@H](NC(=O)Nc1ccc(SC(F)(F)F)cc1)C(N)=O. The predicted molar refractivity (Wildman–Crippen MR) is 82.9 cm³/mol. The number of amides is 3. The Kier molecular flexibility index (Phi) is 6.74. The summed E-state index contributed by atoms with van der Waals surface area (Å²) in [5, 5.41) is 4.88. The lowest BCUT2D eigenvalue weighted by Crippen LogP contribution is -2.46. The van der Waals surface area contributed by atoms with E-state index >= 15 is 0 Å². The molecule has 1 aromatic rings. The maximum atomic E-state index is 12.2. The molecule has 128 valence electrons. The average Bonchev–Trinajstić information content (AvgIpc) is 2.38. The Morgan fingerprint density at radius 3 is 2.22 bits per heavy atom. The Labute approximate surface area is 136 Å². The van der Waals surface area contributed by atoms with Crippen LogP contribution in [0.15, 0.2) is 29.2 Å². The van der Waals surface area contributed by atoms with Crippen LogP contribution < -0.4 is 16.4 Å². The van der Waals surface area contributed by atoms with Crippen LogP contribution in [0.5, 0.6) is 0 Å². The second kappa shape index (κ2) is 8.09. The molecule has 0 aromatic heterocycles. The number of anilines is 1. The van der Waals surface area contributed by atoms with Crippen molar-refractivity contribution in [3.8, 4) is 0 Å². The molecule has 0 aliphatic rings. The maximum Gasteiger partial charge on any atom is 0.446 e. The van der Waals surface area contributed by atoms with Crippen molar-refractivity contribution < 1.29 is 22.8 Å². The number of halogens is 3. The molecular formula is C14H18F3N3O2S. The Hall–Kier alpha value is -1.90. The van der Waals surface area contributed by atoms with Gasteiger partial charge in [-0.15, -0.1) is 0 Å². The smallest absolute Gasteiger partial charge is 0.368 e. The molecule has 0 aliphatic heterocycles. The molecule has 23 heavy (non-hydrogen) atoms. The molecule has 0 aliphatic carbocycles. The minimum atomic E-state index is -4.36. The lowest BCUT2D eigenvalue weighted by molar-refractivity contribution is -0.120. The third-order valence-corrected chi connectivity index (χ3v) is 3.44. The quantitative estimate of drug-likeness (QED) is 0.689. The van der Waals surface area contributed by atoms with Crippen LogP contribution in [0.25, 0.3) is 0 Å². The van der Waals surface area contributed by atoms with E-state index in [-0.39, 0.29) is 22.6 Å². The van der Waals surface area contributed by atoms with Gasteiger partial charge in [-0.25, -0.2) is 4.79 Å². The molecule has 0 heterocycles. The van der Waals surface area contributed by atoms with E-state index in [1.54, 1.807) is 0 Å². The molecule has 0 radical (unpaired) electrons. The molecule has 9 heteroatoms. The summed E-state index contributed by atoms with van der Waals surface area (Å²) in [7, 11) is 0. The van der Waals surface area contributed by atoms with Gasteiger partial charge in [-0.3, -0.25) is 4.79 Å². The fraction of sp³-hybridized carbons (Fsp3) is 0.429. The molecule has 1 aromatic carbocycles. The number of primary amides is 1. The lowest BCUT2D eigenvalue weighted by Gasteiger charge is -2.17. The summed E-state index contributed by atoms with van der Waals surface area (Å²) in [6.45, 7) is 3.76. The number of carbonyl (C=O) groups is 2. The zero-order valence-corrected chi connectivity index (χ0v) is 13.4. The predicted octanol–water partition coefficient (Wildman–Crippen LogP) is 3.32. The zero-order valence-electron chi connectivity index (χ0n) is 12.6. The summed E-state index contributed by atoms with van der Waals surface area (Å²) in [5.41, 5.74) is 1.16. The highest BCUT2D eigenvalue weighted by molar-refractivity contribution is 8.00. The maximum absolute atomic E-state index is 12.2. The Morgan fingerprint density at radius 1 is 1.22 bits per heavy atom. The van der Waals surface area contributed by atoms with Crippen LogP contribution in [0.2, 0.25) is 0 Å². The molecule has 0 spiro atoms. The minimum absolute atomic E-state index is 0.0123. The van der Waals surface area contributed by atoms with Gasteiger partial charge in [0.25, 0.3) is 0 Å². The van der Waals surface area contributed by atoms with E-state index in [0.29, 0.717) is 12.1 Å². The van der Waals surface area contributed by atoms with Gasteiger partial charge in [0.2, 0.25) is 5.91 Å². The van der Waals surface area contributed by atoms with Crippen LogP contribution >= 0.6 is 11.8 Å². The standard InChI is InChI=1S/C14H18F3N3O2S/c1-8(2)7-11(12(18)21)20-13(22)19-9-3-5-10(6-4-9)23-14(15,16)17/h3-6,8,11H,7H2,1-2H3,(H2,18,21)(H2,19,20,22)/t11-/m0/s1. The van der Waals surface area contributed by atoms with Crippen molar-refractivity contribution in [3.63, 3.8) is 0 Å². The van der Waals surface area contributed by atoms with Gasteiger partial charge in [0.05, 0.1) is 0 Å². The number of hydrogen-bond acceptors (Lipinski definition) is 3. The molecule has 0 saturated heterocycles. The molecule has 4 N–H and O–H groups in total. The van der Waals surface area contributed by atoms with Gasteiger partial charge in [0.15, 0.2) is 0 Å². The van der Waals surface area contributed by atoms with Crippen LogP contribution in [-0.2, 0) is 4.79 Å². The fourth-order valence-electron chi connectivity index (χ4n) is 1.78. The van der Waals surface area contributed by atoms with E-state index in [9.17, 15) is 22.8 Å². The average molecular weight is 349 g/mol. The number of benzene rings is 1. The number of urea groups is 1. The first-order valence-electron chi connectivity index (χ1n) is 6.79. The van der Waals surface area contributed by atoms with Crippen LogP contribution in [0.1, 0.15) is 20.3 Å². The van der Waals surface area contributed by atoms with Crippen molar-refractivity contribution in [3.05, 3.63) is 24.3 Å². The van der Waals surface area contributed by atoms with Crippen molar-refractivity contribution in [2.75, 3.05) is 5.32 Å². The van der Waals surface area contributed by atoms with E-state index in [1.807, 2.05) is 13.8 Å². The highest BCUT2D eigenvalue weighted by Crippen LogP contribution is 2.36. The molecule has 5 nitrogen and oxygen atoms in total. The van der Waals surface area contributed by atoms with Crippen LogP contribution in [0.4, 0.5) is 23.7 Å². The van der Waals surface area contributed by atoms with Gasteiger partial charge in [0, 0.05) is 10.6 Å². The highest BCUT2D eigenvalue weighted by Gasteiger charge is 2.29. The lowest BCUT2D eigenvalue weighted by atomic mass is 10.0. The Morgan fingerprint density at radius 2 is 1.78 bits per heavy atom. The van der Waals surface area contributed by atoms with Crippen molar-refractivity contribution in [2.24, 2.45) is 11.7 Å². The summed E-state index contributed by atoms with van der Waals surface area (Å²) in [4.78, 5) is 23.1. The van der Waals surface area contributed by atoms with Gasteiger partial charge in [-0.1, -0.05) is 13.8 Å². The van der Waals surface area contributed by atoms with Gasteiger partial charge in [0.1, 0.15) is 6.04 Å². The van der Waals surface area contributed by atoms with Gasteiger partial charge in [-0.2, -0.15) is 13.2 Å². The van der Waals surface area contributed by atoms with Crippen molar-refractivity contribution in [1.82, 2.24) is 5.32 Å². The van der Waals surface area contributed by atoms with E-state index in [2.05, 4.69) is 10.6 Å². The molecule has 0 bridgehead atoms. The molecule has 1 rings (SSSR count). The van der Waals surface area contributed by atoms with Crippen LogP contribution in [0.3, 0.4) is 0 Å². The number of alkyl halides is 3. The molecule has 3 amide bonds. The number of thioether (sulfide) groups is 1. The van der Waals surface area contributed by atoms with E-state index in [4.69, 9.17) is 5.73 Å². The summed E-state index contributed by atoms with van der Waals surface area (Å²) in [6.07, 6.45) is 0.393. The third kappa shape index (κ3) is 7.78. The molecule has 1 atom stereocenters. The first-order valence-corrected chi connectivity index (χ1v) is 7.61. The normalized spacial score (nSPS) is 12.8. The highest BCUT2D eigenvalue weighted by atomic mass is 32.2. The summed E-state index contributed by atoms with van der Waals surface area (Å²) in [6, 6.07) is 3.71. The molecular weight excluding hydrogens is 331 g/mol. The van der Waals surface area contributed by atoms with E-state index in [1.165, 1.54) is 24.3 Å². The second-order valence-corrected chi connectivity index (χ2v) is 6.39. The third-order valence-electron chi connectivity index (χ3n) is 2.70. The second-order valence-electron chi connectivity index (χ2n) is 5.26. The number of rotatable bonds is 6. The molecule has 0 fully saturated rings. The van der Waals surface area contributed by atoms with Crippen molar-refractivity contribution in [1.29, 1.82) is 0 Å². The van der Waals surface area contributed by atoms with Crippen molar-refractivity contribution in [2.45, 2.75) is 36.7 Å². The van der Waals surface area contributed by atoms with Gasteiger partial charge >= 0.3 is 11.5 Å². The fourth-order valence-corrected chi connectivity index (χ4v) is 2.32. The Bertz CT molecular complexity index is 547. The first-order chi connectivity index (χ1) is 10.6. The number of nitrogens with one attached hydrogen (secondary N) is 2. The summed E-state index contributed by atoms with van der Waals surface area (Å²) >= 11 is -0.240. The van der Waals surface area contributed by atoms with E-state index < -0.39 is 23.5 Å². The van der Waals surface area contributed by atoms with E-state index in [0.717, 1.165) is 0 Å². The minimum Gasteiger partial charge on any atom is -0.368 e.